The Balaban J connectivity index is 1.77. The van der Waals surface area contributed by atoms with Gasteiger partial charge in [0.1, 0.15) is 30.0 Å². The van der Waals surface area contributed by atoms with Crippen molar-refractivity contribution in [3.05, 3.63) is 108 Å². The van der Waals surface area contributed by atoms with Crippen LogP contribution in [-0.2, 0) is 19.8 Å². The number of ether oxygens (including phenoxy) is 3. The Bertz CT molecular complexity index is 867. The molecule has 1 heterocycles. The van der Waals surface area contributed by atoms with Gasteiger partial charge >= 0.3 is 0 Å². The Hall–Kier alpha value is -2.58. The molecule has 3 aromatic rings. The first-order valence-corrected chi connectivity index (χ1v) is 10.6. The summed E-state index contributed by atoms with van der Waals surface area (Å²) in [5.41, 5.74) is 1.74. The van der Waals surface area contributed by atoms with E-state index in [1.54, 1.807) is 0 Å². The predicted octanol–water partition coefficient (Wildman–Crippen LogP) is 2.45. The molecule has 168 valence electrons. The van der Waals surface area contributed by atoms with Crippen LogP contribution < -0.4 is 0 Å². The van der Waals surface area contributed by atoms with E-state index in [4.69, 9.17) is 14.2 Å². The Morgan fingerprint density at radius 1 is 0.688 bits per heavy atom. The minimum atomic E-state index is -1.41. The van der Waals surface area contributed by atoms with Crippen molar-refractivity contribution in [2.45, 2.75) is 36.3 Å². The van der Waals surface area contributed by atoms with Crippen molar-refractivity contribution in [2.24, 2.45) is 0 Å². The standard InChI is InChI=1S/C26H28O6/c1-30-25-24(29)23(28)22(27)21(32-25)17-31-26(18-11-5-2-6-12-18,19-13-7-3-8-14-19)20-15-9-4-10-16-20/h2-16,21-25,27-29H,17H2,1H3/t21?,22-,23?,24?,25+/m1/s1. The maximum Gasteiger partial charge on any atom is 0.186 e. The predicted molar refractivity (Wildman–Crippen MR) is 119 cm³/mol. The first-order chi connectivity index (χ1) is 15.6. The van der Waals surface area contributed by atoms with Crippen LogP contribution in [0.2, 0.25) is 0 Å². The van der Waals surface area contributed by atoms with E-state index in [1.165, 1.54) is 7.11 Å². The van der Waals surface area contributed by atoms with Crippen molar-refractivity contribution in [3.63, 3.8) is 0 Å². The Morgan fingerprint density at radius 3 is 1.53 bits per heavy atom. The lowest BCUT2D eigenvalue weighted by molar-refractivity contribution is -0.299. The molecule has 3 aromatic carbocycles. The molecule has 1 fully saturated rings. The Morgan fingerprint density at radius 2 is 1.12 bits per heavy atom. The highest BCUT2D eigenvalue weighted by Crippen LogP contribution is 2.41. The molecule has 1 aliphatic rings. The van der Waals surface area contributed by atoms with E-state index < -0.39 is 36.3 Å². The summed E-state index contributed by atoms with van der Waals surface area (Å²) in [6, 6.07) is 29.5. The van der Waals surface area contributed by atoms with Gasteiger partial charge in [0.05, 0.1) is 6.61 Å². The van der Waals surface area contributed by atoms with Gasteiger partial charge in [-0.3, -0.25) is 0 Å². The van der Waals surface area contributed by atoms with Gasteiger partial charge in [0.15, 0.2) is 6.29 Å². The molecule has 0 spiro atoms. The molecule has 0 aliphatic carbocycles. The van der Waals surface area contributed by atoms with Gasteiger partial charge in [-0.15, -0.1) is 0 Å². The van der Waals surface area contributed by atoms with Gasteiger partial charge in [-0.25, -0.2) is 0 Å². The molecule has 0 bridgehead atoms. The minimum Gasteiger partial charge on any atom is -0.387 e. The van der Waals surface area contributed by atoms with Gasteiger partial charge < -0.3 is 29.5 Å². The molecule has 32 heavy (non-hydrogen) atoms. The van der Waals surface area contributed by atoms with Crippen LogP contribution >= 0.6 is 0 Å². The minimum absolute atomic E-state index is 0.0521. The maximum absolute atomic E-state index is 10.6. The maximum atomic E-state index is 10.6. The molecular weight excluding hydrogens is 408 g/mol. The first-order valence-electron chi connectivity index (χ1n) is 10.6. The van der Waals surface area contributed by atoms with Crippen LogP contribution in [0, 0.1) is 0 Å². The molecule has 3 N–H and O–H groups in total. The molecule has 1 saturated heterocycles. The third-order valence-electron chi connectivity index (χ3n) is 5.91. The lowest BCUT2D eigenvalue weighted by Gasteiger charge is -2.42. The summed E-state index contributed by atoms with van der Waals surface area (Å²) in [6.45, 7) is -0.0521. The summed E-state index contributed by atoms with van der Waals surface area (Å²) in [5.74, 6) is 0. The number of aliphatic hydroxyl groups excluding tert-OH is 3. The zero-order valence-corrected chi connectivity index (χ0v) is 17.8. The number of methoxy groups -OCH3 is 1. The van der Waals surface area contributed by atoms with Crippen molar-refractivity contribution in [1.82, 2.24) is 0 Å². The van der Waals surface area contributed by atoms with Crippen molar-refractivity contribution in [1.29, 1.82) is 0 Å². The van der Waals surface area contributed by atoms with Crippen LogP contribution in [0.1, 0.15) is 16.7 Å². The van der Waals surface area contributed by atoms with Gasteiger partial charge in [-0.1, -0.05) is 91.0 Å². The first kappa shape index (κ1) is 22.6. The molecule has 0 radical (unpaired) electrons. The summed E-state index contributed by atoms with van der Waals surface area (Å²) in [5, 5.41) is 30.9. The fourth-order valence-corrected chi connectivity index (χ4v) is 4.22. The molecule has 0 saturated carbocycles. The van der Waals surface area contributed by atoms with Crippen LogP contribution in [0.3, 0.4) is 0 Å². The van der Waals surface area contributed by atoms with Crippen LogP contribution in [0.5, 0.6) is 0 Å². The molecule has 1 aliphatic heterocycles. The fourth-order valence-electron chi connectivity index (χ4n) is 4.22. The molecule has 6 heteroatoms. The quantitative estimate of drug-likeness (QED) is 0.493. The number of rotatable bonds is 7. The summed E-state index contributed by atoms with van der Waals surface area (Å²) >= 11 is 0. The normalized spacial score (nSPS) is 26.1. The summed E-state index contributed by atoms with van der Waals surface area (Å²) < 4.78 is 17.5. The number of benzene rings is 3. The molecule has 3 unspecified atom stereocenters. The van der Waals surface area contributed by atoms with Gasteiger partial charge in [0.2, 0.25) is 0 Å². The average Bonchev–Trinajstić information content (AvgIpc) is 2.86. The zero-order valence-electron chi connectivity index (χ0n) is 17.8. The van der Waals surface area contributed by atoms with Crippen LogP contribution in [0.15, 0.2) is 91.0 Å². The van der Waals surface area contributed by atoms with Gasteiger partial charge in [-0.05, 0) is 16.7 Å². The molecule has 0 aromatic heterocycles. The highest BCUT2D eigenvalue weighted by atomic mass is 16.7. The monoisotopic (exact) mass is 436 g/mol. The van der Waals surface area contributed by atoms with Crippen molar-refractivity contribution in [2.75, 3.05) is 13.7 Å². The van der Waals surface area contributed by atoms with Crippen molar-refractivity contribution in [3.8, 4) is 0 Å². The highest BCUT2D eigenvalue weighted by Gasteiger charge is 2.46. The van der Waals surface area contributed by atoms with E-state index in [0.717, 1.165) is 16.7 Å². The van der Waals surface area contributed by atoms with Gasteiger partial charge in [-0.2, -0.15) is 0 Å². The van der Waals surface area contributed by atoms with Gasteiger partial charge in [0, 0.05) is 7.11 Å². The van der Waals surface area contributed by atoms with Crippen LogP contribution in [0.25, 0.3) is 0 Å². The number of hydrogen-bond donors (Lipinski definition) is 3. The fraction of sp³-hybridized carbons (Fsp3) is 0.308. The zero-order chi connectivity index (χ0) is 22.6. The molecule has 5 atom stereocenters. The van der Waals surface area contributed by atoms with Crippen molar-refractivity contribution >= 4 is 0 Å². The van der Waals surface area contributed by atoms with Crippen molar-refractivity contribution < 1.29 is 29.5 Å². The summed E-state index contributed by atoms with van der Waals surface area (Å²) in [6.07, 6.45) is -6.08. The lowest BCUT2D eigenvalue weighted by Crippen LogP contribution is -2.59. The Kier molecular flexibility index (Phi) is 7.01. The summed E-state index contributed by atoms with van der Waals surface area (Å²) in [4.78, 5) is 0. The van der Waals surface area contributed by atoms with Crippen LogP contribution in [0.4, 0.5) is 0 Å². The number of aliphatic hydroxyl groups is 3. The highest BCUT2D eigenvalue weighted by molar-refractivity contribution is 5.47. The SMILES string of the molecule is CO[C@H]1OC(COC(c2ccccc2)(c2ccccc2)c2ccccc2)[C@@H](O)C(O)C1O. The molecule has 6 nitrogen and oxygen atoms in total. The largest absolute Gasteiger partial charge is 0.387 e. The summed E-state index contributed by atoms with van der Waals surface area (Å²) in [7, 11) is 1.37. The molecular formula is C26H28O6. The Labute approximate surface area is 187 Å². The molecule has 4 rings (SSSR count). The second-order valence-corrected chi connectivity index (χ2v) is 7.84. The third-order valence-corrected chi connectivity index (χ3v) is 5.91. The van der Waals surface area contributed by atoms with E-state index in [1.807, 2.05) is 91.0 Å². The van der Waals surface area contributed by atoms with E-state index in [-0.39, 0.29) is 6.61 Å². The third kappa shape index (κ3) is 4.21. The van der Waals surface area contributed by atoms with E-state index in [9.17, 15) is 15.3 Å². The van der Waals surface area contributed by atoms with Crippen LogP contribution in [-0.4, -0.2) is 59.7 Å². The topological polar surface area (TPSA) is 88.4 Å². The van der Waals surface area contributed by atoms with E-state index in [0.29, 0.717) is 0 Å². The lowest BCUT2D eigenvalue weighted by atomic mass is 9.80. The average molecular weight is 437 g/mol. The second kappa shape index (κ2) is 9.92. The molecule has 0 amide bonds. The van der Waals surface area contributed by atoms with Gasteiger partial charge in [0.25, 0.3) is 0 Å². The smallest absolute Gasteiger partial charge is 0.186 e. The van der Waals surface area contributed by atoms with E-state index in [2.05, 4.69) is 0 Å². The second-order valence-electron chi connectivity index (χ2n) is 7.84. The van der Waals surface area contributed by atoms with E-state index >= 15 is 0 Å². The number of hydrogen-bond acceptors (Lipinski definition) is 6.